The number of halogens is 2. The van der Waals surface area contributed by atoms with Crippen LogP contribution in [-0.2, 0) is 0 Å². The van der Waals surface area contributed by atoms with Gasteiger partial charge in [-0.3, -0.25) is 0 Å². The molecule has 1 saturated carbocycles. The van der Waals surface area contributed by atoms with Gasteiger partial charge in [-0.25, -0.2) is 8.78 Å². The molecule has 0 aromatic heterocycles. The monoisotopic (exact) mass is 167 g/mol. The maximum absolute atomic E-state index is 12.7. The molecular weight excluding hydrogens is 158 g/mol. The van der Waals surface area contributed by atoms with Gasteiger partial charge in [-0.15, -0.1) is 0 Å². The van der Waals surface area contributed by atoms with E-state index >= 15 is 0 Å². The zero-order valence-electron chi connectivity index (χ0n) is 6.56. The average molecular weight is 167 g/mol. The highest BCUT2D eigenvalue weighted by atomic mass is 19.1. The lowest BCUT2D eigenvalue weighted by Gasteiger charge is -2.25. The summed E-state index contributed by atoms with van der Waals surface area (Å²) in [4.78, 5) is 0. The molecule has 63 valence electrons. The van der Waals surface area contributed by atoms with E-state index < -0.39 is 11.6 Å². The van der Waals surface area contributed by atoms with Gasteiger partial charge in [0.05, 0.1) is 0 Å². The third kappa shape index (κ3) is 1.33. The van der Waals surface area contributed by atoms with Crippen LogP contribution in [0.1, 0.15) is 24.3 Å². The van der Waals surface area contributed by atoms with Crippen LogP contribution in [0.15, 0.2) is 18.2 Å². The van der Waals surface area contributed by atoms with Crippen LogP contribution in [0.5, 0.6) is 0 Å². The van der Waals surface area contributed by atoms with Crippen molar-refractivity contribution in [2.45, 2.75) is 18.8 Å². The maximum Gasteiger partial charge on any atom is 0.126 e. The lowest BCUT2D eigenvalue weighted by Crippen LogP contribution is -2.09. The summed E-state index contributed by atoms with van der Waals surface area (Å²) in [7, 11) is 0. The number of hydrogen-bond acceptors (Lipinski definition) is 0. The van der Waals surface area contributed by atoms with E-state index in [1.807, 2.05) is 0 Å². The molecule has 0 bridgehead atoms. The molecule has 1 aliphatic rings. The van der Waals surface area contributed by atoms with Crippen molar-refractivity contribution in [1.82, 2.24) is 0 Å². The van der Waals surface area contributed by atoms with E-state index in [-0.39, 0.29) is 0 Å². The van der Waals surface area contributed by atoms with Crippen molar-refractivity contribution >= 4 is 0 Å². The van der Waals surface area contributed by atoms with Crippen LogP contribution in [0.4, 0.5) is 8.78 Å². The fourth-order valence-electron chi connectivity index (χ4n) is 1.42. The molecule has 2 heteroatoms. The first-order valence-electron chi connectivity index (χ1n) is 4.03. The zero-order valence-corrected chi connectivity index (χ0v) is 6.56. The highest BCUT2D eigenvalue weighted by Crippen LogP contribution is 2.35. The topological polar surface area (TPSA) is 0 Å². The Balaban J connectivity index is 2.30. The van der Waals surface area contributed by atoms with Crippen LogP contribution in [0.3, 0.4) is 0 Å². The van der Waals surface area contributed by atoms with Gasteiger partial charge in [0.2, 0.25) is 0 Å². The Morgan fingerprint density at radius 3 is 2.00 bits per heavy atom. The van der Waals surface area contributed by atoms with E-state index in [0.29, 0.717) is 5.92 Å². The van der Waals surface area contributed by atoms with Crippen LogP contribution < -0.4 is 0 Å². The highest BCUT2D eigenvalue weighted by Gasteiger charge is 2.20. The molecule has 2 rings (SSSR count). The normalized spacial score (nSPS) is 17.5. The number of rotatable bonds is 1. The summed E-state index contributed by atoms with van der Waals surface area (Å²) in [5.74, 6) is -0.607. The molecular formula is C10H9F2. The second-order valence-electron chi connectivity index (χ2n) is 3.16. The summed E-state index contributed by atoms with van der Waals surface area (Å²) < 4.78 is 25.4. The zero-order chi connectivity index (χ0) is 8.55. The molecule has 0 unspecified atom stereocenters. The highest BCUT2D eigenvalue weighted by molar-refractivity contribution is 5.25. The minimum Gasteiger partial charge on any atom is -0.207 e. The van der Waals surface area contributed by atoms with Crippen LogP contribution in [0.25, 0.3) is 0 Å². The summed E-state index contributed by atoms with van der Waals surface area (Å²) in [6, 6.07) is 3.74. The van der Waals surface area contributed by atoms with Gasteiger partial charge >= 0.3 is 0 Å². The smallest absolute Gasteiger partial charge is 0.126 e. The SMILES string of the molecule is Fc1cc(F)cc(C2C[CH]C2)c1. The molecule has 12 heavy (non-hydrogen) atoms. The second kappa shape index (κ2) is 2.85. The van der Waals surface area contributed by atoms with E-state index in [2.05, 4.69) is 6.42 Å². The first kappa shape index (κ1) is 7.71. The molecule has 0 N–H and O–H groups in total. The first-order chi connectivity index (χ1) is 5.75. The lowest BCUT2D eigenvalue weighted by atomic mass is 9.80. The van der Waals surface area contributed by atoms with Gasteiger partial charge in [0.25, 0.3) is 0 Å². The van der Waals surface area contributed by atoms with Crippen molar-refractivity contribution in [3.8, 4) is 0 Å². The van der Waals surface area contributed by atoms with E-state index in [1.54, 1.807) is 0 Å². The Labute approximate surface area is 70.2 Å². The Hall–Kier alpha value is -0.920. The summed E-state index contributed by atoms with van der Waals surface area (Å²) in [6.45, 7) is 0. The quantitative estimate of drug-likeness (QED) is 0.603. The standard InChI is InChI=1S/C10H9F2/c11-9-4-8(5-10(12)6-9)7-2-1-3-7/h1,4-7H,2-3H2. The maximum atomic E-state index is 12.7. The van der Waals surface area contributed by atoms with Crippen LogP contribution >= 0.6 is 0 Å². The van der Waals surface area contributed by atoms with Gasteiger partial charge in [-0.1, -0.05) is 0 Å². The predicted molar refractivity (Wildman–Crippen MR) is 42.6 cm³/mol. The first-order valence-corrected chi connectivity index (χ1v) is 4.03. The average Bonchev–Trinajstić information content (AvgIpc) is 1.79. The minimum atomic E-state index is -0.475. The van der Waals surface area contributed by atoms with E-state index in [9.17, 15) is 8.78 Å². The summed E-state index contributed by atoms with van der Waals surface area (Å²) in [6.07, 6.45) is 4.01. The van der Waals surface area contributed by atoms with Crippen LogP contribution in [-0.4, -0.2) is 0 Å². The molecule has 0 atom stereocenters. The predicted octanol–water partition coefficient (Wildman–Crippen LogP) is 3.05. The molecule has 1 radical (unpaired) electrons. The fraction of sp³-hybridized carbons (Fsp3) is 0.300. The van der Waals surface area contributed by atoms with Gasteiger partial charge in [-0.05, 0) is 42.9 Å². The van der Waals surface area contributed by atoms with Gasteiger partial charge in [-0.2, -0.15) is 0 Å². The summed E-state index contributed by atoms with van der Waals surface area (Å²) >= 11 is 0. The second-order valence-corrected chi connectivity index (χ2v) is 3.16. The van der Waals surface area contributed by atoms with Crippen molar-refractivity contribution in [3.63, 3.8) is 0 Å². The van der Waals surface area contributed by atoms with Crippen LogP contribution in [0.2, 0.25) is 0 Å². The van der Waals surface area contributed by atoms with Crippen molar-refractivity contribution in [1.29, 1.82) is 0 Å². The third-order valence-electron chi connectivity index (χ3n) is 2.26. The minimum absolute atomic E-state index is 0.343. The molecule has 1 aliphatic carbocycles. The van der Waals surface area contributed by atoms with E-state index in [4.69, 9.17) is 0 Å². The summed E-state index contributed by atoms with van der Waals surface area (Å²) in [5, 5.41) is 0. The molecule has 0 saturated heterocycles. The van der Waals surface area contributed by atoms with Crippen molar-refractivity contribution in [2.75, 3.05) is 0 Å². The molecule has 0 heterocycles. The third-order valence-corrected chi connectivity index (χ3v) is 2.26. The van der Waals surface area contributed by atoms with Crippen LogP contribution in [0, 0.1) is 18.1 Å². The molecule has 1 aromatic carbocycles. The van der Waals surface area contributed by atoms with Gasteiger partial charge in [0.1, 0.15) is 11.6 Å². The molecule has 0 amide bonds. The number of hydrogen-bond donors (Lipinski definition) is 0. The largest absolute Gasteiger partial charge is 0.207 e. The van der Waals surface area contributed by atoms with Crippen molar-refractivity contribution < 1.29 is 8.78 Å². The Bertz CT molecular complexity index is 270. The molecule has 0 spiro atoms. The van der Waals surface area contributed by atoms with Crippen molar-refractivity contribution in [2.24, 2.45) is 0 Å². The lowest BCUT2D eigenvalue weighted by molar-refractivity contribution is 0.522. The molecule has 0 aliphatic heterocycles. The molecule has 0 nitrogen and oxygen atoms in total. The van der Waals surface area contributed by atoms with Gasteiger partial charge in [0.15, 0.2) is 0 Å². The molecule has 1 fully saturated rings. The Kier molecular flexibility index (Phi) is 1.83. The van der Waals surface area contributed by atoms with Gasteiger partial charge in [0, 0.05) is 6.07 Å². The Morgan fingerprint density at radius 1 is 1.00 bits per heavy atom. The fourth-order valence-corrected chi connectivity index (χ4v) is 1.42. The van der Waals surface area contributed by atoms with Gasteiger partial charge < -0.3 is 0 Å². The molecule has 1 aromatic rings. The van der Waals surface area contributed by atoms with E-state index in [0.717, 1.165) is 24.5 Å². The van der Waals surface area contributed by atoms with Crippen molar-refractivity contribution in [3.05, 3.63) is 41.8 Å². The summed E-state index contributed by atoms with van der Waals surface area (Å²) in [5.41, 5.74) is 0.787. The van der Waals surface area contributed by atoms with E-state index in [1.165, 1.54) is 12.1 Å². The number of benzene rings is 1. The Morgan fingerprint density at radius 2 is 1.58 bits per heavy atom.